The van der Waals surface area contributed by atoms with Crippen molar-refractivity contribution in [3.63, 3.8) is 0 Å². The third-order valence-corrected chi connectivity index (χ3v) is 4.18. The van der Waals surface area contributed by atoms with Crippen LogP contribution in [0, 0.1) is 20.8 Å². The number of carbonyl (C=O) groups excluding carboxylic acids is 1. The summed E-state index contributed by atoms with van der Waals surface area (Å²) in [6, 6.07) is 5.77. The van der Waals surface area contributed by atoms with Crippen molar-refractivity contribution in [1.29, 1.82) is 0 Å². The van der Waals surface area contributed by atoms with E-state index in [1.54, 1.807) is 0 Å². The lowest BCUT2D eigenvalue weighted by atomic mass is 10.1. The minimum atomic E-state index is 0.0869. The second-order valence-corrected chi connectivity index (χ2v) is 5.95. The van der Waals surface area contributed by atoms with Gasteiger partial charge in [0, 0.05) is 11.4 Å². The van der Waals surface area contributed by atoms with E-state index < -0.39 is 0 Å². The summed E-state index contributed by atoms with van der Waals surface area (Å²) in [5, 5.41) is 1.58. The highest BCUT2D eigenvalue weighted by molar-refractivity contribution is 7.13. The average Bonchev–Trinajstić information content (AvgIpc) is 2.62. The first kappa shape index (κ1) is 13.2. The fourth-order valence-corrected chi connectivity index (χ4v) is 3.00. The van der Waals surface area contributed by atoms with Crippen molar-refractivity contribution in [2.45, 2.75) is 27.2 Å². The van der Waals surface area contributed by atoms with Crippen LogP contribution in [-0.2, 0) is 6.42 Å². The Labute approximate surface area is 116 Å². The van der Waals surface area contributed by atoms with Gasteiger partial charge in [0.2, 0.25) is 0 Å². The molecule has 0 unspecified atom stereocenters. The van der Waals surface area contributed by atoms with E-state index in [0.29, 0.717) is 11.4 Å². The van der Waals surface area contributed by atoms with Crippen LogP contribution in [0.2, 0.25) is 5.02 Å². The van der Waals surface area contributed by atoms with Crippen LogP contribution < -0.4 is 0 Å². The van der Waals surface area contributed by atoms with E-state index in [9.17, 15) is 4.79 Å². The first-order chi connectivity index (χ1) is 8.47. The summed E-state index contributed by atoms with van der Waals surface area (Å²) < 4.78 is 0. The number of nitrogens with zero attached hydrogens (tertiary/aromatic N) is 1. The lowest BCUT2D eigenvalue weighted by Crippen LogP contribution is -2.03. The molecule has 0 aliphatic rings. The molecule has 0 aliphatic carbocycles. The molecule has 0 fully saturated rings. The van der Waals surface area contributed by atoms with Crippen LogP contribution in [0.25, 0.3) is 0 Å². The summed E-state index contributed by atoms with van der Waals surface area (Å²) in [5.41, 5.74) is 2.78. The van der Waals surface area contributed by atoms with Gasteiger partial charge >= 0.3 is 0 Å². The maximum Gasteiger partial charge on any atom is 0.179 e. The largest absolute Gasteiger partial charge is 0.293 e. The predicted octanol–water partition coefficient (Wildman–Crippen LogP) is 4.15. The van der Waals surface area contributed by atoms with Crippen molar-refractivity contribution < 1.29 is 4.79 Å². The van der Waals surface area contributed by atoms with Gasteiger partial charge in [-0.2, -0.15) is 0 Å². The molecule has 0 aliphatic heterocycles. The fraction of sp³-hybridized carbons (Fsp3) is 0.286. The summed E-state index contributed by atoms with van der Waals surface area (Å²) in [5.74, 6) is 0.0869. The Morgan fingerprint density at radius 2 is 2.06 bits per heavy atom. The zero-order chi connectivity index (χ0) is 13.3. The number of thiazole rings is 1. The van der Waals surface area contributed by atoms with Crippen LogP contribution in [0.15, 0.2) is 18.2 Å². The SMILES string of the molecule is Cc1ccc(CC(=O)c2sc(C)nc2C)c(Cl)c1. The number of hydrogen-bond donors (Lipinski definition) is 0. The molecule has 0 N–H and O–H groups in total. The van der Waals surface area contributed by atoms with Gasteiger partial charge in [-0.15, -0.1) is 11.3 Å². The van der Waals surface area contributed by atoms with Gasteiger partial charge in [0.1, 0.15) is 0 Å². The molecular formula is C14H14ClNOS. The molecule has 0 radical (unpaired) electrons. The van der Waals surface area contributed by atoms with Gasteiger partial charge in [-0.3, -0.25) is 4.79 Å². The number of rotatable bonds is 3. The second-order valence-electron chi connectivity index (χ2n) is 4.34. The van der Waals surface area contributed by atoms with E-state index in [-0.39, 0.29) is 5.78 Å². The molecule has 2 aromatic rings. The lowest BCUT2D eigenvalue weighted by molar-refractivity contribution is 0.0996. The Morgan fingerprint density at radius 3 is 2.61 bits per heavy atom. The monoisotopic (exact) mass is 279 g/mol. The molecule has 0 spiro atoms. The standard InChI is InChI=1S/C14H14ClNOS/c1-8-4-5-11(12(15)6-8)7-13(17)14-9(2)16-10(3)18-14/h4-6H,7H2,1-3H3. The van der Waals surface area contributed by atoms with Crippen LogP contribution in [0.3, 0.4) is 0 Å². The van der Waals surface area contributed by atoms with Gasteiger partial charge in [-0.25, -0.2) is 4.98 Å². The molecule has 94 valence electrons. The van der Waals surface area contributed by atoms with Crippen molar-refractivity contribution in [3.05, 3.63) is 49.9 Å². The summed E-state index contributed by atoms with van der Waals surface area (Å²) in [6.45, 7) is 5.76. The molecule has 0 amide bonds. The molecule has 0 atom stereocenters. The number of ketones is 1. The first-order valence-corrected chi connectivity index (χ1v) is 6.89. The Bertz CT molecular complexity index is 604. The Kier molecular flexibility index (Phi) is 3.83. The van der Waals surface area contributed by atoms with E-state index >= 15 is 0 Å². The maximum atomic E-state index is 12.2. The van der Waals surface area contributed by atoms with E-state index in [4.69, 9.17) is 11.6 Å². The van der Waals surface area contributed by atoms with Gasteiger partial charge in [0.25, 0.3) is 0 Å². The van der Waals surface area contributed by atoms with Gasteiger partial charge in [-0.05, 0) is 38.0 Å². The van der Waals surface area contributed by atoms with Crippen molar-refractivity contribution >= 4 is 28.7 Å². The topological polar surface area (TPSA) is 30.0 Å². The number of Topliss-reactive ketones (excluding diaryl/α,β-unsaturated/α-hetero) is 1. The zero-order valence-electron chi connectivity index (χ0n) is 10.6. The maximum absolute atomic E-state index is 12.2. The highest BCUT2D eigenvalue weighted by Gasteiger charge is 2.15. The quantitative estimate of drug-likeness (QED) is 0.790. The number of hydrogen-bond acceptors (Lipinski definition) is 3. The Balaban J connectivity index is 2.24. The number of aryl methyl sites for hydroxylation is 3. The van der Waals surface area contributed by atoms with Crippen LogP contribution >= 0.6 is 22.9 Å². The molecule has 1 aromatic heterocycles. The molecule has 18 heavy (non-hydrogen) atoms. The summed E-state index contributed by atoms with van der Waals surface area (Å²) >= 11 is 7.59. The number of aromatic nitrogens is 1. The highest BCUT2D eigenvalue weighted by Crippen LogP contribution is 2.23. The van der Waals surface area contributed by atoms with E-state index in [0.717, 1.165) is 26.7 Å². The van der Waals surface area contributed by atoms with E-state index in [1.807, 2.05) is 39.0 Å². The number of benzene rings is 1. The van der Waals surface area contributed by atoms with Gasteiger partial charge in [-0.1, -0.05) is 23.7 Å². The van der Waals surface area contributed by atoms with Crippen molar-refractivity contribution in [1.82, 2.24) is 4.98 Å². The molecule has 2 rings (SSSR count). The predicted molar refractivity (Wildman–Crippen MR) is 75.8 cm³/mol. The van der Waals surface area contributed by atoms with Crippen LogP contribution in [0.1, 0.15) is 31.5 Å². The Morgan fingerprint density at radius 1 is 1.33 bits per heavy atom. The van der Waals surface area contributed by atoms with Gasteiger partial charge in [0.15, 0.2) is 5.78 Å². The number of halogens is 1. The highest BCUT2D eigenvalue weighted by atomic mass is 35.5. The molecule has 1 heterocycles. The molecule has 0 saturated carbocycles. The van der Waals surface area contributed by atoms with E-state index in [2.05, 4.69) is 4.98 Å². The van der Waals surface area contributed by atoms with Crippen LogP contribution in [0.5, 0.6) is 0 Å². The second kappa shape index (κ2) is 5.21. The van der Waals surface area contributed by atoms with Crippen LogP contribution in [-0.4, -0.2) is 10.8 Å². The smallest absolute Gasteiger partial charge is 0.179 e. The van der Waals surface area contributed by atoms with Crippen molar-refractivity contribution in [2.24, 2.45) is 0 Å². The van der Waals surface area contributed by atoms with Crippen LogP contribution in [0.4, 0.5) is 0 Å². The third-order valence-electron chi connectivity index (χ3n) is 2.72. The van der Waals surface area contributed by atoms with Crippen molar-refractivity contribution in [2.75, 3.05) is 0 Å². The first-order valence-electron chi connectivity index (χ1n) is 5.69. The average molecular weight is 280 g/mol. The van der Waals surface area contributed by atoms with Gasteiger partial charge < -0.3 is 0 Å². The summed E-state index contributed by atoms with van der Waals surface area (Å²) in [4.78, 5) is 17.2. The molecule has 4 heteroatoms. The normalized spacial score (nSPS) is 10.7. The zero-order valence-corrected chi connectivity index (χ0v) is 12.2. The summed E-state index contributed by atoms with van der Waals surface area (Å²) in [7, 11) is 0. The lowest BCUT2D eigenvalue weighted by Gasteiger charge is -2.04. The Hall–Kier alpha value is -1.19. The fourth-order valence-electron chi connectivity index (χ4n) is 1.84. The molecule has 0 bridgehead atoms. The van der Waals surface area contributed by atoms with Crippen molar-refractivity contribution in [3.8, 4) is 0 Å². The molecule has 1 aromatic carbocycles. The van der Waals surface area contributed by atoms with Gasteiger partial charge in [0.05, 0.1) is 15.6 Å². The molecular weight excluding hydrogens is 266 g/mol. The third kappa shape index (κ3) is 2.79. The minimum absolute atomic E-state index is 0.0869. The molecule has 2 nitrogen and oxygen atoms in total. The minimum Gasteiger partial charge on any atom is -0.293 e. The molecule has 0 saturated heterocycles. The van der Waals surface area contributed by atoms with E-state index in [1.165, 1.54) is 11.3 Å². The number of carbonyl (C=O) groups is 1. The summed E-state index contributed by atoms with van der Waals surface area (Å²) in [6.07, 6.45) is 0.335.